The van der Waals surface area contributed by atoms with E-state index >= 15 is 0 Å². The Morgan fingerprint density at radius 3 is 2.69 bits per heavy atom. The molecule has 2 aromatic carbocycles. The van der Waals surface area contributed by atoms with Crippen LogP contribution in [0.25, 0.3) is 11.1 Å². The van der Waals surface area contributed by atoms with Crippen molar-refractivity contribution >= 4 is 52.7 Å². The quantitative estimate of drug-likeness (QED) is 0.282. The number of nitrogens with one attached hydrogen (secondary N) is 3. The van der Waals surface area contributed by atoms with Crippen molar-refractivity contribution in [2.75, 3.05) is 36.2 Å². The van der Waals surface area contributed by atoms with Crippen LogP contribution >= 0.6 is 11.6 Å². The number of cyclic esters (lactones) is 1. The van der Waals surface area contributed by atoms with E-state index in [9.17, 15) is 19.2 Å². The van der Waals surface area contributed by atoms with Crippen molar-refractivity contribution in [3.63, 3.8) is 0 Å². The number of hydrogen-bond donors (Lipinski definition) is 3. The molecule has 0 spiro atoms. The first-order chi connectivity index (χ1) is 21.7. The number of hydrogen-bond acceptors (Lipinski definition) is 7. The molecule has 0 aliphatic carbocycles. The first kappa shape index (κ1) is 31.8. The normalized spacial score (nSPS) is 19.0. The maximum absolute atomic E-state index is 14.5. The van der Waals surface area contributed by atoms with E-state index in [1.807, 2.05) is 19.1 Å². The van der Waals surface area contributed by atoms with Crippen molar-refractivity contribution in [1.29, 1.82) is 0 Å². The van der Waals surface area contributed by atoms with Gasteiger partial charge in [0.2, 0.25) is 11.8 Å². The summed E-state index contributed by atoms with van der Waals surface area (Å²) in [6.45, 7) is 2.79. The van der Waals surface area contributed by atoms with Gasteiger partial charge >= 0.3 is 12.2 Å². The molecule has 4 amide bonds. The van der Waals surface area contributed by atoms with E-state index in [2.05, 4.69) is 20.9 Å². The molecule has 2 aliphatic rings. The van der Waals surface area contributed by atoms with E-state index in [1.54, 1.807) is 47.5 Å². The number of nitrogens with zero attached hydrogens (tertiary/aromatic N) is 2. The van der Waals surface area contributed by atoms with Crippen LogP contribution in [0.5, 0.6) is 0 Å². The second-order valence-electron chi connectivity index (χ2n) is 11.2. The Balaban J connectivity index is 1.52. The minimum Gasteiger partial charge on any atom is -0.453 e. The summed E-state index contributed by atoms with van der Waals surface area (Å²) in [5.74, 6) is -1.15. The van der Waals surface area contributed by atoms with Gasteiger partial charge in [0.1, 0.15) is 0 Å². The van der Waals surface area contributed by atoms with E-state index < -0.39 is 18.1 Å². The first-order valence-electron chi connectivity index (χ1n) is 15.0. The van der Waals surface area contributed by atoms with E-state index in [4.69, 9.17) is 21.1 Å². The van der Waals surface area contributed by atoms with Crippen LogP contribution in [-0.4, -0.2) is 54.1 Å². The van der Waals surface area contributed by atoms with Crippen LogP contribution in [0.15, 0.2) is 54.7 Å². The molecule has 45 heavy (non-hydrogen) atoms. The molecule has 3 heterocycles. The van der Waals surface area contributed by atoms with E-state index in [0.29, 0.717) is 72.0 Å². The van der Waals surface area contributed by atoms with Gasteiger partial charge in [-0.15, -0.1) is 0 Å². The van der Waals surface area contributed by atoms with Gasteiger partial charge in [-0.25, -0.2) is 9.59 Å². The topological polar surface area (TPSA) is 139 Å². The zero-order valence-electron chi connectivity index (χ0n) is 25.2. The molecular formula is C33H36ClN5O6. The van der Waals surface area contributed by atoms with Crippen molar-refractivity contribution in [3.05, 3.63) is 71.0 Å². The van der Waals surface area contributed by atoms with Gasteiger partial charge in [-0.2, -0.15) is 0 Å². The van der Waals surface area contributed by atoms with Gasteiger partial charge in [-0.05, 0) is 79.3 Å². The maximum Gasteiger partial charge on any atom is 0.411 e. The Kier molecular flexibility index (Phi) is 10.2. The lowest BCUT2D eigenvalue weighted by Crippen LogP contribution is -2.36. The summed E-state index contributed by atoms with van der Waals surface area (Å²) in [6, 6.07) is 14.1. The largest absolute Gasteiger partial charge is 0.453 e. The number of pyridine rings is 1. The minimum atomic E-state index is -0.624. The highest BCUT2D eigenvalue weighted by molar-refractivity contribution is 6.30. The Bertz CT molecular complexity index is 1600. The zero-order chi connectivity index (χ0) is 31.9. The molecule has 2 aliphatic heterocycles. The third-order valence-corrected chi connectivity index (χ3v) is 8.30. The van der Waals surface area contributed by atoms with Crippen LogP contribution < -0.4 is 16.0 Å². The molecule has 2 bridgehead atoms. The molecule has 2 unspecified atom stereocenters. The fourth-order valence-corrected chi connectivity index (χ4v) is 5.78. The Morgan fingerprint density at radius 2 is 1.87 bits per heavy atom. The number of benzene rings is 2. The molecule has 3 N–H and O–H groups in total. The molecule has 12 heteroatoms. The number of methoxy groups -OCH3 is 1. The van der Waals surface area contributed by atoms with Gasteiger partial charge < -0.3 is 19.7 Å². The summed E-state index contributed by atoms with van der Waals surface area (Å²) in [6.07, 6.45) is 3.41. The Morgan fingerprint density at radius 1 is 1.02 bits per heavy atom. The molecule has 236 valence electrons. The monoisotopic (exact) mass is 633 g/mol. The Hall–Kier alpha value is -4.64. The minimum absolute atomic E-state index is 0.0934. The van der Waals surface area contributed by atoms with Gasteiger partial charge in [-0.3, -0.25) is 25.2 Å². The molecule has 11 nitrogen and oxygen atoms in total. The van der Waals surface area contributed by atoms with E-state index in [-0.39, 0.29) is 30.9 Å². The molecule has 0 saturated carbocycles. The third kappa shape index (κ3) is 7.91. The first-order valence-corrected chi connectivity index (χ1v) is 15.4. The predicted octanol–water partition coefficient (Wildman–Crippen LogP) is 6.79. The van der Waals surface area contributed by atoms with Crippen molar-refractivity contribution in [2.45, 2.75) is 51.5 Å². The van der Waals surface area contributed by atoms with Gasteiger partial charge in [0.05, 0.1) is 31.0 Å². The highest BCUT2D eigenvalue weighted by atomic mass is 35.5. The number of aromatic nitrogens is 1. The van der Waals surface area contributed by atoms with Crippen molar-refractivity contribution in [2.24, 2.45) is 5.92 Å². The number of carbonyl (C=O) groups excluding carboxylic acids is 4. The average Bonchev–Trinajstić information content (AvgIpc) is 3.06. The highest BCUT2D eigenvalue weighted by Crippen LogP contribution is 2.35. The van der Waals surface area contributed by atoms with Crippen LogP contribution in [0.2, 0.25) is 5.02 Å². The second kappa shape index (κ2) is 14.4. The molecule has 5 rings (SSSR count). The molecule has 3 aromatic rings. The van der Waals surface area contributed by atoms with Crippen LogP contribution in [0.4, 0.5) is 26.7 Å². The van der Waals surface area contributed by atoms with E-state index in [1.165, 1.54) is 7.11 Å². The number of anilines is 3. The number of fused-ring (bicyclic) bond motifs is 5. The van der Waals surface area contributed by atoms with Crippen molar-refractivity contribution in [3.8, 4) is 11.1 Å². The fourth-order valence-electron chi connectivity index (χ4n) is 5.59. The number of carbonyl (C=O) groups is 4. The smallest absolute Gasteiger partial charge is 0.411 e. The third-order valence-electron chi connectivity index (χ3n) is 8.07. The Labute approximate surface area is 266 Å². The molecule has 1 aromatic heterocycles. The molecule has 0 saturated heterocycles. The van der Waals surface area contributed by atoms with Crippen LogP contribution in [-0.2, 0) is 25.6 Å². The molecular weight excluding hydrogens is 598 g/mol. The van der Waals surface area contributed by atoms with Gasteiger partial charge in [0.15, 0.2) is 0 Å². The van der Waals surface area contributed by atoms with Crippen molar-refractivity contribution < 1.29 is 28.7 Å². The van der Waals surface area contributed by atoms with Gasteiger partial charge in [0.25, 0.3) is 0 Å². The van der Waals surface area contributed by atoms with E-state index in [0.717, 1.165) is 11.1 Å². The number of rotatable bonds is 2. The van der Waals surface area contributed by atoms with Crippen LogP contribution in [0.3, 0.4) is 0 Å². The zero-order valence-corrected chi connectivity index (χ0v) is 26.0. The summed E-state index contributed by atoms with van der Waals surface area (Å²) < 4.78 is 10.0. The lowest BCUT2D eigenvalue weighted by Gasteiger charge is -2.29. The number of amides is 4. The van der Waals surface area contributed by atoms with Gasteiger partial charge in [0, 0.05) is 47.2 Å². The van der Waals surface area contributed by atoms with Crippen molar-refractivity contribution in [1.82, 2.24) is 9.88 Å². The molecule has 2 atom stereocenters. The summed E-state index contributed by atoms with van der Waals surface area (Å²) in [5, 5.41) is 8.92. The van der Waals surface area contributed by atoms with Crippen LogP contribution in [0.1, 0.15) is 56.2 Å². The summed E-state index contributed by atoms with van der Waals surface area (Å²) in [4.78, 5) is 58.3. The predicted molar refractivity (Wildman–Crippen MR) is 171 cm³/mol. The summed E-state index contributed by atoms with van der Waals surface area (Å²) in [7, 11) is 1.28. The fraction of sp³-hybridized carbons (Fsp3) is 0.364. The summed E-state index contributed by atoms with van der Waals surface area (Å²) >= 11 is 6.33. The lowest BCUT2D eigenvalue weighted by molar-refractivity contribution is -0.133. The maximum atomic E-state index is 14.5. The lowest BCUT2D eigenvalue weighted by atomic mass is 9.90. The number of ether oxygens (including phenoxy) is 2. The molecule has 0 fully saturated rings. The van der Waals surface area contributed by atoms with Gasteiger partial charge in [-0.1, -0.05) is 31.0 Å². The standard InChI is InChI=1S/C33H36ClN5O6/c1-20-6-5-7-26(31(41)39-14-3-4-15-45-33(43)38-27-11-8-23(34)16-22(27)19-39)28-17-21(12-13-35-28)25-10-9-24(36-32(42)44-2)18-29(25)37-30(20)40/h8-13,16-18,20,26H,3-7,14-15,19H2,1-2H3,(H,36,42)(H,37,40)(H,38,43). The second-order valence-corrected chi connectivity index (χ2v) is 11.7. The summed E-state index contributed by atoms with van der Waals surface area (Å²) in [5.41, 5.74) is 4.31. The number of halogens is 1. The molecule has 0 radical (unpaired) electrons. The highest BCUT2D eigenvalue weighted by Gasteiger charge is 2.30. The van der Waals surface area contributed by atoms with Crippen LogP contribution in [0, 0.1) is 5.92 Å². The SMILES string of the molecule is COC(=O)Nc1ccc2c(c1)NC(=O)C(C)CCCC(C(=O)N1CCCCOC(=O)Nc3ccc(Cl)cc3C1)c1cc-2ccn1. The average molecular weight is 634 g/mol.